The minimum absolute atomic E-state index is 0.183. The zero-order valence-electron chi connectivity index (χ0n) is 10.7. The topological polar surface area (TPSA) is 20.2 Å². The zero-order chi connectivity index (χ0) is 15.6. The van der Waals surface area contributed by atoms with Gasteiger partial charge in [-0.05, 0) is 26.2 Å². The van der Waals surface area contributed by atoms with Crippen molar-refractivity contribution in [1.29, 1.82) is 0 Å². The minimum Gasteiger partial charge on any atom is -0.378 e. The highest BCUT2D eigenvalue weighted by molar-refractivity contribution is 6.65. The van der Waals surface area contributed by atoms with E-state index in [-0.39, 0.29) is 16.0 Å². The second-order valence-corrected chi connectivity index (χ2v) is 9.01. The average molecular weight is 397 g/mol. The van der Waals surface area contributed by atoms with E-state index in [9.17, 15) is 5.11 Å². The SMILES string of the molecule is CC(C)(O)C#CCC1CC2(Cl)C(Cl)=C(Cl)C1(Cl)C2(Cl)Cl. The van der Waals surface area contributed by atoms with Gasteiger partial charge in [-0.1, -0.05) is 58.2 Å². The first-order valence-corrected chi connectivity index (χ1v) is 8.19. The fourth-order valence-corrected chi connectivity index (χ4v) is 5.48. The Bertz CT molecular complexity index is 537. The average Bonchev–Trinajstić information content (AvgIpc) is 2.50. The highest BCUT2D eigenvalue weighted by atomic mass is 35.5. The maximum Gasteiger partial charge on any atom is 0.166 e. The maximum absolute atomic E-state index is 9.59. The van der Waals surface area contributed by atoms with Gasteiger partial charge in [0, 0.05) is 6.42 Å². The molecule has 0 aromatic heterocycles. The molecule has 1 fully saturated rings. The molecule has 3 unspecified atom stereocenters. The van der Waals surface area contributed by atoms with Crippen LogP contribution in [0.15, 0.2) is 10.1 Å². The van der Waals surface area contributed by atoms with Crippen LogP contribution in [0.2, 0.25) is 0 Å². The molecule has 1 nitrogen and oxygen atoms in total. The van der Waals surface area contributed by atoms with E-state index >= 15 is 0 Å². The molecular formula is C13H12Cl6O. The fourth-order valence-electron chi connectivity index (χ4n) is 2.63. The van der Waals surface area contributed by atoms with Crippen LogP contribution >= 0.6 is 69.6 Å². The van der Waals surface area contributed by atoms with Crippen molar-refractivity contribution in [2.75, 3.05) is 0 Å². The Hall–Kier alpha value is 1.00. The fraction of sp³-hybridized carbons (Fsp3) is 0.692. The number of rotatable bonds is 1. The number of alkyl halides is 4. The molecule has 0 amide bonds. The largest absolute Gasteiger partial charge is 0.378 e. The normalized spacial score (nSPS) is 39.0. The zero-order valence-corrected chi connectivity index (χ0v) is 15.2. The third-order valence-electron chi connectivity index (χ3n) is 3.65. The van der Waals surface area contributed by atoms with Crippen LogP contribution in [0.1, 0.15) is 26.7 Å². The summed E-state index contributed by atoms with van der Waals surface area (Å²) in [5, 5.41) is 9.98. The van der Waals surface area contributed by atoms with Crippen LogP contribution in [0.3, 0.4) is 0 Å². The third-order valence-corrected chi connectivity index (χ3v) is 7.97. The van der Waals surface area contributed by atoms with Crippen molar-refractivity contribution in [2.24, 2.45) is 5.92 Å². The lowest BCUT2D eigenvalue weighted by atomic mass is 9.89. The molecule has 1 saturated carbocycles. The molecule has 2 aliphatic rings. The summed E-state index contributed by atoms with van der Waals surface area (Å²) in [6.45, 7) is 3.19. The number of hydrogen-bond donors (Lipinski definition) is 1. The highest BCUT2D eigenvalue weighted by Crippen LogP contribution is 2.74. The molecule has 2 bridgehead atoms. The van der Waals surface area contributed by atoms with Gasteiger partial charge in [0.15, 0.2) is 4.33 Å². The van der Waals surface area contributed by atoms with Crippen LogP contribution in [0.4, 0.5) is 0 Å². The second-order valence-electron chi connectivity index (χ2n) is 5.68. The molecule has 0 radical (unpaired) electrons. The lowest BCUT2D eigenvalue weighted by Crippen LogP contribution is -2.44. The number of halogens is 6. The molecule has 1 N–H and O–H groups in total. The summed E-state index contributed by atoms with van der Waals surface area (Å²) < 4.78 is -1.50. The Morgan fingerprint density at radius 1 is 1.20 bits per heavy atom. The Kier molecular flexibility index (Phi) is 4.34. The Balaban J connectivity index is 2.35. The van der Waals surface area contributed by atoms with Crippen LogP contribution in [-0.2, 0) is 0 Å². The summed E-state index contributed by atoms with van der Waals surface area (Å²) in [7, 11) is 0. The van der Waals surface area contributed by atoms with E-state index in [4.69, 9.17) is 69.6 Å². The molecule has 2 aliphatic carbocycles. The predicted octanol–water partition coefficient (Wildman–Crippen LogP) is 5.00. The molecule has 0 spiro atoms. The van der Waals surface area contributed by atoms with Crippen molar-refractivity contribution in [1.82, 2.24) is 0 Å². The smallest absolute Gasteiger partial charge is 0.166 e. The van der Waals surface area contributed by atoms with E-state index in [0.717, 1.165) is 0 Å². The lowest BCUT2D eigenvalue weighted by Gasteiger charge is -2.33. The maximum atomic E-state index is 9.59. The van der Waals surface area contributed by atoms with Crippen molar-refractivity contribution >= 4 is 69.6 Å². The van der Waals surface area contributed by atoms with E-state index in [1.165, 1.54) is 0 Å². The summed E-state index contributed by atoms with van der Waals surface area (Å²) in [5.41, 5.74) is -1.08. The van der Waals surface area contributed by atoms with Crippen LogP contribution in [0.25, 0.3) is 0 Å². The third kappa shape index (κ3) is 2.19. The van der Waals surface area contributed by atoms with E-state index in [0.29, 0.717) is 12.8 Å². The van der Waals surface area contributed by atoms with Gasteiger partial charge in [-0.25, -0.2) is 0 Å². The molecule has 0 saturated heterocycles. The number of fused-ring (bicyclic) bond motifs is 2. The molecular weight excluding hydrogens is 385 g/mol. The van der Waals surface area contributed by atoms with Crippen LogP contribution in [-0.4, -0.2) is 24.8 Å². The van der Waals surface area contributed by atoms with Crippen LogP contribution in [0.5, 0.6) is 0 Å². The summed E-state index contributed by atoms with van der Waals surface area (Å²) in [6, 6.07) is 0. The molecule has 0 heterocycles. The van der Waals surface area contributed by atoms with Gasteiger partial charge in [-0.3, -0.25) is 0 Å². The van der Waals surface area contributed by atoms with E-state index < -0.39 is 19.7 Å². The van der Waals surface area contributed by atoms with Gasteiger partial charge in [-0.2, -0.15) is 0 Å². The standard InChI is InChI=1S/C13H12Cl6O/c1-10(2,20)5-3-4-7-6-11(16)8(14)9(15)12(7,17)13(11,18)19/h7,20H,4,6H2,1-2H3. The van der Waals surface area contributed by atoms with E-state index in [1.807, 2.05) is 0 Å². The Labute approximate surface area is 148 Å². The highest BCUT2D eigenvalue weighted by Gasteiger charge is 2.78. The quantitative estimate of drug-likeness (QED) is 0.488. The van der Waals surface area contributed by atoms with E-state index in [1.54, 1.807) is 13.8 Å². The van der Waals surface area contributed by atoms with Gasteiger partial charge >= 0.3 is 0 Å². The van der Waals surface area contributed by atoms with Crippen molar-refractivity contribution in [3.8, 4) is 11.8 Å². The first-order valence-electron chi connectivity index (χ1n) is 5.92. The lowest BCUT2D eigenvalue weighted by molar-refractivity contribution is 0.143. The summed E-state index contributed by atoms with van der Waals surface area (Å²) in [5.74, 6) is 5.35. The number of allylic oxidation sites excluding steroid dienone is 2. The summed E-state index contributed by atoms with van der Waals surface area (Å²) in [6.07, 6.45) is 0.740. The van der Waals surface area contributed by atoms with Gasteiger partial charge in [0.2, 0.25) is 0 Å². The second kappa shape index (κ2) is 5.00. The first kappa shape index (κ1) is 17.4. The van der Waals surface area contributed by atoms with Gasteiger partial charge in [0.25, 0.3) is 0 Å². The van der Waals surface area contributed by atoms with Crippen LogP contribution < -0.4 is 0 Å². The van der Waals surface area contributed by atoms with Gasteiger partial charge < -0.3 is 5.11 Å². The van der Waals surface area contributed by atoms with Crippen LogP contribution in [0, 0.1) is 17.8 Å². The molecule has 2 rings (SSSR count). The number of hydrogen-bond acceptors (Lipinski definition) is 1. The molecule has 112 valence electrons. The van der Waals surface area contributed by atoms with Crippen molar-refractivity contribution in [3.05, 3.63) is 10.1 Å². The predicted molar refractivity (Wildman–Crippen MR) is 87.1 cm³/mol. The molecule has 20 heavy (non-hydrogen) atoms. The summed E-state index contributed by atoms with van der Waals surface area (Å²) in [4.78, 5) is -2.46. The minimum atomic E-state index is -1.50. The molecule has 7 heteroatoms. The monoisotopic (exact) mass is 394 g/mol. The first-order chi connectivity index (χ1) is 8.88. The molecule has 0 aromatic carbocycles. The van der Waals surface area contributed by atoms with Gasteiger partial charge in [-0.15, -0.1) is 23.2 Å². The summed E-state index contributed by atoms with van der Waals surface area (Å²) >= 11 is 38.1. The molecule has 3 atom stereocenters. The van der Waals surface area contributed by atoms with Crippen molar-refractivity contribution in [3.63, 3.8) is 0 Å². The van der Waals surface area contributed by atoms with Gasteiger partial charge in [0.05, 0.1) is 10.1 Å². The number of aliphatic hydroxyl groups is 1. The van der Waals surface area contributed by atoms with Gasteiger partial charge in [0.1, 0.15) is 15.3 Å². The molecule has 0 aliphatic heterocycles. The van der Waals surface area contributed by atoms with Crippen molar-refractivity contribution in [2.45, 2.75) is 46.4 Å². The Morgan fingerprint density at radius 3 is 2.15 bits per heavy atom. The van der Waals surface area contributed by atoms with Crippen molar-refractivity contribution < 1.29 is 5.11 Å². The van der Waals surface area contributed by atoms with E-state index in [2.05, 4.69) is 11.8 Å². The molecule has 0 aromatic rings. The Morgan fingerprint density at radius 2 is 1.75 bits per heavy atom.